The summed E-state index contributed by atoms with van der Waals surface area (Å²) in [6, 6.07) is 19.8. The van der Waals surface area contributed by atoms with E-state index in [0.29, 0.717) is 13.2 Å². The molecule has 0 spiro atoms. The third-order valence-corrected chi connectivity index (χ3v) is 3.23. The number of rotatable bonds is 6. The SMILES string of the molecule is [Br-].c1cc[n+](OCc2ccccc2CO[n+]2ccccc2)cc1. The average Bonchev–Trinajstić information content (AvgIpc) is 2.61. The number of hydrogen-bond acceptors (Lipinski definition) is 2. The molecule has 5 heteroatoms. The molecule has 0 bridgehead atoms. The molecule has 23 heavy (non-hydrogen) atoms. The quantitative estimate of drug-likeness (QED) is 0.493. The van der Waals surface area contributed by atoms with Crippen LogP contribution in [0.2, 0.25) is 0 Å². The lowest BCUT2D eigenvalue weighted by molar-refractivity contribution is -0.896. The molecule has 3 aromatic rings. The van der Waals surface area contributed by atoms with Gasteiger partial charge < -0.3 is 17.0 Å². The predicted octanol–water partition coefficient (Wildman–Crippen LogP) is -1.48. The van der Waals surface area contributed by atoms with Crippen LogP contribution in [0, 0.1) is 0 Å². The molecule has 118 valence electrons. The third kappa shape index (κ3) is 5.07. The lowest BCUT2D eigenvalue weighted by Gasteiger charge is -2.06. The maximum Gasteiger partial charge on any atom is 0.222 e. The highest BCUT2D eigenvalue weighted by atomic mass is 79.9. The van der Waals surface area contributed by atoms with Crippen LogP contribution in [0.25, 0.3) is 0 Å². The second kappa shape index (κ2) is 8.90. The lowest BCUT2D eigenvalue weighted by Crippen LogP contribution is -3.00. The van der Waals surface area contributed by atoms with Crippen LogP contribution in [-0.2, 0) is 13.2 Å². The molecular weight excluding hydrogens is 356 g/mol. The van der Waals surface area contributed by atoms with E-state index >= 15 is 0 Å². The van der Waals surface area contributed by atoms with Gasteiger partial charge in [0.15, 0.2) is 13.2 Å². The van der Waals surface area contributed by atoms with Crippen molar-refractivity contribution in [2.75, 3.05) is 0 Å². The molecule has 0 N–H and O–H groups in total. The van der Waals surface area contributed by atoms with Gasteiger partial charge in [-0.25, -0.2) is 0 Å². The van der Waals surface area contributed by atoms with Crippen LogP contribution in [-0.4, -0.2) is 0 Å². The number of nitrogens with zero attached hydrogens (tertiary/aromatic N) is 2. The van der Waals surface area contributed by atoms with E-state index in [-0.39, 0.29) is 17.0 Å². The molecule has 3 rings (SSSR count). The minimum atomic E-state index is 0. The summed E-state index contributed by atoms with van der Waals surface area (Å²) in [5.41, 5.74) is 2.21. The molecule has 1 aromatic carbocycles. The van der Waals surface area contributed by atoms with Crippen LogP contribution in [0.4, 0.5) is 0 Å². The minimum absolute atomic E-state index is 0. The number of aromatic nitrogens is 2. The average molecular weight is 374 g/mol. The predicted molar refractivity (Wildman–Crippen MR) is 80.3 cm³/mol. The molecular formula is C18H18BrN2O2+. The van der Waals surface area contributed by atoms with Gasteiger partial charge in [0, 0.05) is 44.9 Å². The van der Waals surface area contributed by atoms with Crippen molar-refractivity contribution in [2.45, 2.75) is 13.2 Å². The zero-order valence-electron chi connectivity index (χ0n) is 12.6. The van der Waals surface area contributed by atoms with Crippen molar-refractivity contribution in [2.24, 2.45) is 0 Å². The van der Waals surface area contributed by atoms with Crippen molar-refractivity contribution >= 4 is 0 Å². The maximum atomic E-state index is 5.74. The molecule has 0 fully saturated rings. The van der Waals surface area contributed by atoms with E-state index in [1.54, 1.807) is 9.46 Å². The van der Waals surface area contributed by atoms with Gasteiger partial charge in [0.1, 0.15) is 0 Å². The first kappa shape index (κ1) is 17.0. The Balaban J connectivity index is 0.00000192. The van der Waals surface area contributed by atoms with Gasteiger partial charge in [-0.15, -0.1) is 0 Å². The summed E-state index contributed by atoms with van der Waals surface area (Å²) in [5, 5.41) is 0. The molecule has 0 unspecified atom stereocenters. The normalized spacial score (nSPS) is 9.74. The Morgan fingerprint density at radius 3 is 1.35 bits per heavy atom. The second-order valence-corrected chi connectivity index (χ2v) is 4.79. The van der Waals surface area contributed by atoms with Crippen LogP contribution < -0.4 is 36.1 Å². The molecule has 0 radical (unpaired) electrons. The monoisotopic (exact) mass is 373 g/mol. The molecule has 2 heterocycles. The Morgan fingerprint density at radius 1 is 0.565 bits per heavy atom. The van der Waals surface area contributed by atoms with Crippen LogP contribution in [0.3, 0.4) is 0 Å². The zero-order valence-corrected chi connectivity index (χ0v) is 14.2. The Labute approximate surface area is 146 Å². The molecule has 0 amide bonds. The first-order valence-corrected chi connectivity index (χ1v) is 7.18. The van der Waals surface area contributed by atoms with E-state index in [9.17, 15) is 0 Å². The van der Waals surface area contributed by atoms with E-state index in [0.717, 1.165) is 11.1 Å². The van der Waals surface area contributed by atoms with E-state index in [2.05, 4.69) is 12.1 Å². The lowest BCUT2D eigenvalue weighted by atomic mass is 10.1. The fraction of sp³-hybridized carbons (Fsp3) is 0.111. The second-order valence-electron chi connectivity index (χ2n) is 4.79. The summed E-state index contributed by atoms with van der Waals surface area (Å²) in [4.78, 5) is 11.5. The van der Waals surface area contributed by atoms with Gasteiger partial charge >= 0.3 is 0 Å². The van der Waals surface area contributed by atoms with E-state index in [4.69, 9.17) is 9.68 Å². The molecule has 0 atom stereocenters. The highest BCUT2D eigenvalue weighted by Crippen LogP contribution is 2.08. The zero-order chi connectivity index (χ0) is 15.0. The van der Waals surface area contributed by atoms with Gasteiger partial charge in [0.25, 0.3) is 0 Å². The molecule has 0 aliphatic carbocycles. The number of hydrogen-bond donors (Lipinski definition) is 0. The Kier molecular flexibility index (Phi) is 6.56. The highest BCUT2D eigenvalue weighted by Gasteiger charge is 2.09. The number of halogens is 1. The van der Waals surface area contributed by atoms with E-state index < -0.39 is 0 Å². The highest BCUT2D eigenvalue weighted by molar-refractivity contribution is 5.25. The van der Waals surface area contributed by atoms with Crippen molar-refractivity contribution in [3.8, 4) is 0 Å². The Hall–Kier alpha value is -2.40. The van der Waals surface area contributed by atoms with E-state index in [1.165, 1.54) is 0 Å². The van der Waals surface area contributed by atoms with E-state index in [1.807, 2.05) is 73.3 Å². The van der Waals surface area contributed by atoms with Gasteiger partial charge in [-0.2, -0.15) is 0 Å². The van der Waals surface area contributed by atoms with Crippen molar-refractivity contribution in [3.63, 3.8) is 0 Å². The summed E-state index contributed by atoms with van der Waals surface area (Å²) in [5.74, 6) is 0. The summed E-state index contributed by atoms with van der Waals surface area (Å²) >= 11 is 0. The first-order chi connectivity index (χ1) is 10.9. The smallest absolute Gasteiger partial charge is 0.222 e. The third-order valence-electron chi connectivity index (χ3n) is 3.23. The summed E-state index contributed by atoms with van der Waals surface area (Å²) < 4.78 is 3.40. The van der Waals surface area contributed by atoms with Gasteiger partial charge in [0.2, 0.25) is 24.8 Å². The van der Waals surface area contributed by atoms with Crippen molar-refractivity contribution in [3.05, 3.63) is 96.6 Å². The largest absolute Gasteiger partial charge is 1.00 e. The van der Waals surface area contributed by atoms with Crippen LogP contribution >= 0.6 is 0 Å². The molecule has 4 nitrogen and oxygen atoms in total. The summed E-state index contributed by atoms with van der Waals surface area (Å²) in [6.45, 7) is 0.987. The van der Waals surface area contributed by atoms with Crippen molar-refractivity contribution in [1.82, 2.24) is 0 Å². The van der Waals surface area contributed by atoms with Gasteiger partial charge in [-0.1, -0.05) is 36.4 Å². The van der Waals surface area contributed by atoms with Gasteiger partial charge in [-0.05, 0) is 0 Å². The maximum absolute atomic E-state index is 5.74. The van der Waals surface area contributed by atoms with Crippen LogP contribution in [0.15, 0.2) is 85.5 Å². The molecule has 0 aliphatic rings. The Morgan fingerprint density at radius 2 is 0.957 bits per heavy atom. The molecule has 0 saturated heterocycles. The Bertz CT molecular complexity index is 646. The summed E-state index contributed by atoms with van der Waals surface area (Å²) in [7, 11) is 0. The first-order valence-electron chi connectivity index (χ1n) is 7.18. The van der Waals surface area contributed by atoms with Crippen LogP contribution in [0.1, 0.15) is 11.1 Å². The van der Waals surface area contributed by atoms with Crippen LogP contribution in [0.5, 0.6) is 0 Å². The van der Waals surface area contributed by atoms with Gasteiger partial charge in [-0.3, -0.25) is 9.68 Å². The standard InChI is InChI=1S/C18H18N2O2.BrH/c1-5-11-19(12-6-1)21-15-17-9-3-4-10-18(17)16-22-20-13-7-2-8-14-20;/h1-14H,15-16H2;1H/q+2;/p-1. The topological polar surface area (TPSA) is 26.2 Å². The summed E-state index contributed by atoms with van der Waals surface area (Å²) in [6.07, 6.45) is 7.50. The van der Waals surface area contributed by atoms with Gasteiger partial charge in [0.05, 0.1) is 0 Å². The molecule has 0 aliphatic heterocycles. The minimum Gasteiger partial charge on any atom is -1.00 e. The van der Waals surface area contributed by atoms with Crippen molar-refractivity contribution in [1.29, 1.82) is 0 Å². The number of benzene rings is 1. The van der Waals surface area contributed by atoms with Crippen molar-refractivity contribution < 1.29 is 36.1 Å². The number of pyridine rings is 2. The fourth-order valence-electron chi connectivity index (χ4n) is 2.07. The molecule has 0 saturated carbocycles. The fourth-order valence-corrected chi connectivity index (χ4v) is 2.07. The molecule has 2 aromatic heterocycles.